The summed E-state index contributed by atoms with van der Waals surface area (Å²) in [4.78, 5) is 9.42. The number of hydrogen-bond donors (Lipinski definition) is 2. The van der Waals surface area contributed by atoms with Crippen LogP contribution >= 0.6 is 0 Å². The Labute approximate surface area is 245 Å². The number of pyridine rings is 2. The van der Waals surface area contributed by atoms with E-state index in [1.165, 1.54) is 0 Å². The van der Waals surface area contributed by atoms with Crippen LogP contribution in [0.5, 0.6) is 11.5 Å². The van der Waals surface area contributed by atoms with Gasteiger partial charge >= 0.3 is 0 Å². The largest absolute Gasteiger partial charge is 0.507 e. The third kappa shape index (κ3) is 4.82. The van der Waals surface area contributed by atoms with Crippen LogP contribution < -0.4 is 0 Å². The van der Waals surface area contributed by atoms with E-state index in [1.54, 1.807) is 0 Å². The normalized spacial score (nSPS) is 12.6. The topological polar surface area (TPSA) is 66.2 Å². The average Bonchev–Trinajstić information content (AvgIpc) is 3.02. The summed E-state index contributed by atoms with van der Waals surface area (Å²) in [5, 5.41) is 23.2. The summed E-state index contributed by atoms with van der Waals surface area (Å²) in [6.45, 7) is 0. The third-order valence-corrected chi connectivity index (χ3v) is 8.25. The van der Waals surface area contributed by atoms with Crippen molar-refractivity contribution in [3.8, 4) is 34.0 Å². The van der Waals surface area contributed by atoms with Crippen molar-refractivity contribution in [2.45, 2.75) is 25.7 Å². The summed E-state index contributed by atoms with van der Waals surface area (Å²) in [6, 6.07) is 36.5. The molecule has 2 aromatic heterocycles. The predicted octanol–water partition coefficient (Wildman–Crippen LogP) is 7.90. The number of phenols is 2. The molecule has 1 aliphatic rings. The molecule has 4 nitrogen and oxygen atoms in total. The molecule has 0 spiro atoms. The van der Waals surface area contributed by atoms with Crippen LogP contribution in [0.25, 0.3) is 22.5 Å². The van der Waals surface area contributed by atoms with E-state index in [4.69, 9.17) is 9.97 Å². The van der Waals surface area contributed by atoms with Crippen molar-refractivity contribution < 1.29 is 10.2 Å². The fourth-order valence-electron chi connectivity index (χ4n) is 6.26. The zero-order chi connectivity index (χ0) is 28.5. The molecule has 0 aliphatic heterocycles. The lowest BCUT2D eigenvalue weighted by molar-refractivity contribution is 0.463. The summed E-state index contributed by atoms with van der Waals surface area (Å²) in [6.07, 6.45) is 5.84. The van der Waals surface area contributed by atoms with E-state index in [1.807, 2.05) is 85.2 Å². The molecule has 0 radical (unpaired) electrons. The van der Waals surface area contributed by atoms with Crippen LogP contribution in [-0.4, -0.2) is 20.2 Å². The van der Waals surface area contributed by atoms with E-state index in [2.05, 4.69) is 36.4 Å². The second-order valence-electron chi connectivity index (χ2n) is 10.9. The van der Waals surface area contributed by atoms with Gasteiger partial charge in [0.25, 0.3) is 0 Å². The third-order valence-electron chi connectivity index (χ3n) is 8.25. The summed E-state index contributed by atoms with van der Waals surface area (Å²) >= 11 is 0. The van der Waals surface area contributed by atoms with E-state index in [9.17, 15) is 10.2 Å². The van der Waals surface area contributed by atoms with Crippen LogP contribution in [0, 0.1) is 0 Å². The maximum absolute atomic E-state index is 11.6. The van der Waals surface area contributed by atoms with Crippen molar-refractivity contribution in [3.63, 3.8) is 0 Å². The number of aromatic nitrogens is 2. The number of aromatic hydroxyl groups is 2. The van der Waals surface area contributed by atoms with Crippen molar-refractivity contribution in [1.82, 2.24) is 9.97 Å². The molecule has 4 aromatic carbocycles. The number of fused-ring (bicyclic) bond motifs is 8. The standard InChI is InChI=1S/C38H30N2O2/c41-37-29-13-7-15-31(37)23-27-11-6-12-28(36(27)34-18-2-4-20-40-34)24-32-16-8-14-30(38(32)42)22-26-10-5-9-25(21-29)35(26)33-17-1-3-19-39-33/h1-20,41-42H,21-24H2. The van der Waals surface area contributed by atoms with Crippen LogP contribution in [-0.2, 0) is 25.7 Å². The first-order valence-electron chi connectivity index (χ1n) is 14.3. The van der Waals surface area contributed by atoms with Gasteiger partial charge in [-0.1, -0.05) is 84.9 Å². The highest BCUT2D eigenvalue weighted by Crippen LogP contribution is 2.38. The van der Waals surface area contributed by atoms with Gasteiger partial charge in [0.05, 0.1) is 11.4 Å². The minimum absolute atomic E-state index is 0.321. The molecule has 204 valence electrons. The molecule has 2 N–H and O–H groups in total. The minimum atomic E-state index is 0.321. The molecule has 6 aromatic rings. The summed E-state index contributed by atoms with van der Waals surface area (Å²) in [5.41, 5.74) is 11.7. The van der Waals surface area contributed by atoms with Gasteiger partial charge in [0.15, 0.2) is 0 Å². The lowest BCUT2D eigenvalue weighted by Crippen LogP contribution is -2.04. The quantitative estimate of drug-likeness (QED) is 0.231. The first kappa shape index (κ1) is 25.7. The van der Waals surface area contributed by atoms with Gasteiger partial charge in [0.2, 0.25) is 0 Å². The summed E-state index contributed by atoms with van der Waals surface area (Å²) in [5.74, 6) is 0.643. The van der Waals surface area contributed by atoms with Crippen molar-refractivity contribution in [1.29, 1.82) is 0 Å². The van der Waals surface area contributed by atoms with Gasteiger partial charge in [-0.3, -0.25) is 9.97 Å². The number of benzene rings is 4. The Hall–Kier alpha value is -5.22. The van der Waals surface area contributed by atoms with Gasteiger partial charge in [-0.2, -0.15) is 0 Å². The number of rotatable bonds is 2. The fourth-order valence-corrected chi connectivity index (χ4v) is 6.26. The van der Waals surface area contributed by atoms with Gasteiger partial charge < -0.3 is 10.2 Å². The Morgan fingerprint density at radius 2 is 0.667 bits per heavy atom. The Bertz CT molecular complexity index is 1670. The van der Waals surface area contributed by atoms with Crippen LogP contribution in [0.1, 0.15) is 44.5 Å². The maximum Gasteiger partial charge on any atom is 0.122 e. The van der Waals surface area contributed by atoms with E-state index in [0.29, 0.717) is 37.2 Å². The Morgan fingerprint density at radius 3 is 0.952 bits per heavy atom. The number of nitrogens with zero attached hydrogens (tertiary/aromatic N) is 2. The molecule has 8 bridgehead atoms. The van der Waals surface area contributed by atoms with Crippen LogP contribution in [0.2, 0.25) is 0 Å². The molecule has 0 amide bonds. The predicted molar refractivity (Wildman–Crippen MR) is 167 cm³/mol. The molecule has 4 heteroatoms. The number of hydrogen-bond acceptors (Lipinski definition) is 4. The van der Waals surface area contributed by atoms with Crippen molar-refractivity contribution in [3.05, 3.63) is 166 Å². The summed E-state index contributed by atoms with van der Waals surface area (Å²) < 4.78 is 0. The SMILES string of the molecule is Oc1c2cccc1Cc1cccc(c1-c1ccccn1)Cc1cccc(c1O)Cc1cccc(c1-c1ccccn1)C2. The maximum atomic E-state index is 11.6. The fraction of sp³-hybridized carbons (Fsp3) is 0.105. The van der Waals surface area contributed by atoms with E-state index < -0.39 is 0 Å². The molecule has 1 aliphatic carbocycles. The highest BCUT2D eigenvalue weighted by Gasteiger charge is 2.20. The minimum Gasteiger partial charge on any atom is -0.507 e. The monoisotopic (exact) mass is 546 g/mol. The van der Waals surface area contributed by atoms with Gasteiger partial charge in [-0.05, 0) is 68.8 Å². The van der Waals surface area contributed by atoms with Crippen molar-refractivity contribution in [2.75, 3.05) is 0 Å². The lowest BCUT2D eigenvalue weighted by atomic mass is 9.86. The Morgan fingerprint density at radius 1 is 0.357 bits per heavy atom. The highest BCUT2D eigenvalue weighted by atomic mass is 16.3. The van der Waals surface area contributed by atoms with Crippen LogP contribution in [0.4, 0.5) is 0 Å². The van der Waals surface area contributed by atoms with Crippen molar-refractivity contribution >= 4 is 0 Å². The van der Waals surface area contributed by atoms with Crippen LogP contribution in [0.3, 0.4) is 0 Å². The zero-order valence-corrected chi connectivity index (χ0v) is 23.2. The molecule has 7 rings (SSSR count). The molecule has 0 saturated heterocycles. The molecule has 0 saturated carbocycles. The van der Waals surface area contributed by atoms with Crippen LogP contribution in [0.15, 0.2) is 122 Å². The first-order chi connectivity index (χ1) is 20.7. The molecule has 42 heavy (non-hydrogen) atoms. The Kier molecular flexibility index (Phi) is 6.73. The van der Waals surface area contributed by atoms with E-state index in [0.717, 1.165) is 67.0 Å². The average molecular weight is 547 g/mol. The van der Waals surface area contributed by atoms with Gasteiger partial charge in [-0.15, -0.1) is 0 Å². The zero-order valence-electron chi connectivity index (χ0n) is 23.2. The first-order valence-corrected chi connectivity index (χ1v) is 14.3. The van der Waals surface area contributed by atoms with E-state index in [-0.39, 0.29) is 0 Å². The molecule has 0 atom stereocenters. The van der Waals surface area contributed by atoms with Gasteiger partial charge in [0.1, 0.15) is 11.5 Å². The molecule has 0 fully saturated rings. The lowest BCUT2D eigenvalue weighted by Gasteiger charge is -2.20. The van der Waals surface area contributed by atoms with Gasteiger partial charge in [0, 0.05) is 49.2 Å². The smallest absolute Gasteiger partial charge is 0.122 e. The molecule has 0 unspecified atom stereocenters. The van der Waals surface area contributed by atoms with Crippen molar-refractivity contribution in [2.24, 2.45) is 0 Å². The summed E-state index contributed by atoms with van der Waals surface area (Å²) in [7, 11) is 0. The second-order valence-corrected chi connectivity index (χ2v) is 10.9. The van der Waals surface area contributed by atoms with E-state index >= 15 is 0 Å². The number of phenolic OH excluding ortho intramolecular Hbond substituents is 2. The highest BCUT2D eigenvalue weighted by molar-refractivity contribution is 5.72. The second kappa shape index (κ2) is 11.0. The molecular formula is C38H30N2O2. The molecular weight excluding hydrogens is 516 g/mol. The number of para-hydroxylation sites is 2. The molecule has 2 heterocycles. The Balaban J connectivity index is 1.47. The van der Waals surface area contributed by atoms with Gasteiger partial charge in [-0.25, -0.2) is 0 Å².